The molecule has 1 saturated heterocycles. The molecule has 224 valence electrons. The van der Waals surface area contributed by atoms with E-state index in [-0.39, 0.29) is 0 Å². The summed E-state index contributed by atoms with van der Waals surface area (Å²) in [5, 5.41) is 0. The number of aryl methyl sites for hydroxylation is 8. The summed E-state index contributed by atoms with van der Waals surface area (Å²) in [4.78, 5) is 0. The summed E-state index contributed by atoms with van der Waals surface area (Å²) in [5.74, 6) is 0. The molecule has 3 heterocycles. The molecule has 0 unspecified atom stereocenters. The summed E-state index contributed by atoms with van der Waals surface area (Å²) in [5.41, 5.74) is 17.0. The molecule has 4 aromatic carbocycles. The Morgan fingerprint density at radius 3 is 0.705 bits per heavy atom. The van der Waals surface area contributed by atoms with E-state index in [1.54, 1.807) is 0 Å². The van der Waals surface area contributed by atoms with Crippen LogP contribution >= 0.6 is 0 Å². The van der Waals surface area contributed by atoms with Crippen LogP contribution < -0.4 is 18.3 Å². The summed E-state index contributed by atoms with van der Waals surface area (Å²) in [6.07, 6.45) is 9.94. The molecule has 0 bridgehead atoms. The van der Waals surface area contributed by atoms with Crippen LogP contribution in [0.4, 0.5) is 22.7 Å². The van der Waals surface area contributed by atoms with Crippen molar-refractivity contribution in [1.82, 2.24) is 0 Å². The van der Waals surface area contributed by atoms with Gasteiger partial charge in [-0.3, -0.25) is 0 Å². The van der Waals surface area contributed by atoms with Crippen molar-refractivity contribution >= 4 is 68.4 Å². The standard InChI is InChI=1S/C36H40N4Si2Te2/c1-25-13-9-14-26(2)33(25)37-21-22-38(34-27(3)15-10-16-28(34)4)41(37)43-42(44-41)39(35-29(5)17-11-18-30(35)6)23-24-40(42)36-31(7)19-12-20-32(36)8/h9-24H,1-8H3. The van der Waals surface area contributed by atoms with Crippen molar-refractivity contribution in [3.05, 3.63) is 142 Å². The van der Waals surface area contributed by atoms with Crippen molar-refractivity contribution in [1.29, 1.82) is 0 Å². The third-order valence-corrected chi connectivity index (χ3v) is 116. The van der Waals surface area contributed by atoms with Gasteiger partial charge in [0.25, 0.3) is 0 Å². The van der Waals surface area contributed by atoms with Gasteiger partial charge in [-0.25, -0.2) is 0 Å². The van der Waals surface area contributed by atoms with E-state index in [1.807, 2.05) is 0 Å². The molecule has 0 N–H and O–H groups in total. The minimum atomic E-state index is -2.05. The number of rotatable bonds is 4. The molecule has 3 aliphatic rings. The van der Waals surface area contributed by atoms with Crippen LogP contribution in [0.2, 0.25) is 0 Å². The van der Waals surface area contributed by atoms with Gasteiger partial charge in [-0.15, -0.1) is 0 Å². The molecule has 0 atom stereocenters. The summed E-state index contributed by atoms with van der Waals surface area (Å²) in [6.45, 7) is 18.5. The first-order valence-electron chi connectivity index (χ1n) is 15.3. The van der Waals surface area contributed by atoms with Crippen LogP contribution in [0.25, 0.3) is 0 Å². The zero-order valence-corrected chi connectivity index (χ0v) is 33.5. The maximum atomic E-state index is 2.89. The van der Waals surface area contributed by atoms with Gasteiger partial charge in [0.2, 0.25) is 0 Å². The summed E-state index contributed by atoms with van der Waals surface area (Å²) < 4.78 is 7.45. The van der Waals surface area contributed by atoms with Crippen molar-refractivity contribution in [2.45, 2.75) is 55.4 Å². The molecule has 0 saturated carbocycles. The monoisotopic (exact) mass is 844 g/mol. The predicted octanol–water partition coefficient (Wildman–Crippen LogP) is 7.74. The molecule has 0 amide bonds. The quantitative estimate of drug-likeness (QED) is 0.195. The first kappa shape index (κ1) is 30.2. The second kappa shape index (κ2) is 11.1. The van der Waals surface area contributed by atoms with Gasteiger partial charge >= 0.3 is 284 Å². The van der Waals surface area contributed by atoms with E-state index in [1.165, 1.54) is 67.3 Å². The Balaban J connectivity index is 1.44. The van der Waals surface area contributed by atoms with Crippen molar-refractivity contribution < 1.29 is 0 Å². The van der Waals surface area contributed by atoms with Gasteiger partial charge in [-0.2, -0.15) is 0 Å². The number of hydrogen-bond donors (Lipinski definition) is 0. The molecule has 0 aliphatic carbocycles. The summed E-state index contributed by atoms with van der Waals surface area (Å²) in [7, 11) is 0. The third kappa shape index (κ3) is 4.41. The van der Waals surface area contributed by atoms with E-state index in [2.05, 4.69) is 171 Å². The van der Waals surface area contributed by atoms with E-state index in [9.17, 15) is 0 Å². The molecule has 0 radical (unpaired) electrons. The van der Waals surface area contributed by atoms with E-state index >= 15 is 0 Å². The fourth-order valence-corrected chi connectivity index (χ4v) is 132. The molecule has 3 aliphatic heterocycles. The van der Waals surface area contributed by atoms with Crippen molar-refractivity contribution in [3.8, 4) is 0 Å². The van der Waals surface area contributed by atoms with E-state index in [0.29, 0.717) is 0 Å². The molecular formula is C36H40N4Si2Te2. The molecule has 4 nitrogen and oxygen atoms in total. The first-order valence-corrected chi connectivity index (χ1v) is 32.7. The van der Waals surface area contributed by atoms with Crippen molar-refractivity contribution in [2.24, 2.45) is 0 Å². The van der Waals surface area contributed by atoms with Gasteiger partial charge in [0.05, 0.1) is 0 Å². The van der Waals surface area contributed by atoms with Gasteiger partial charge in [0.1, 0.15) is 0 Å². The number of anilines is 4. The molecule has 44 heavy (non-hydrogen) atoms. The van der Waals surface area contributed by atoms with Crippen LogP contribution in [0.1, 0.15) is 44.5 Å². The average molecular weight is 840 g/mol. The normalized spacial score (nSPS) is 17.8. The minimum absolute atomic E-state index is 0.514. The van der Waals surface area contributed by atoms with Crippen molar-refractivity contribution in [3.63, 3.8) is 0 Å². The van der Waals surface area contributed by atoms with E-state index in [0.717, 1.165) is 0 Å². The Labute approximate surface area is 281 Å². The van der Waals surface area contributed by atoms with Gasteiger partial charge in [0.15, 0.2) is 0 Å². The number of hydrogen-bond acceptors (Lipinski definition) is 4. The third-order valence-electron chi connectivity index (χ3n) is 9.20. The van der Waals surface area contributed by atoms with E-state index in [4.69, 9.17) is 0 Å². The van der Waals surface area contributed by atoms with Crippen molar-refractivity contribution in [2.75, 3.05) is 18.3 Å². The van der Waals surface area contributed by atoms with Crippen LogP contribution in [0.15, 0.2) is 97.6 Å². The molecular weight excluding hydrogens is 800 g/mol. The Morgan fingerprint density at radius 2 is 0.523 bits per heavy atom. The second-order valence-corrected chi connectivity index (χ2v) is 63.1. The van der Waals surface area contributed by atoms with Gasteiger partial charge in [-0.05, 0) is 0 Å². The zero-order chi connectivity index (χ0) is 31.0. The molecule has 7 rings (SSSR count). The molecule has 1 fully saturated rings. The maximum absolute atomic E-state index is 2.89. The second-order valence-electron chi connectivity index (χ2n) is 12.3. The van der Waals surface area contributed by atoms with Crippen LogP contribution in [0, 0.1) is 55.4 Å². The zero-order valence-electron chi connectivity index (χ0n) is 26.8. The number of para-hydroxylation sites is 4. The fourth-order valence-electron chi connectivity index (χ4n) is 7.23. The van der Waals surface area contributed by atoms with E-state index < -0.39 is 45.7 Å². The fraction of sp³-hybridized carbons (Fsp3) is 0.222. The molecule has 2 spiro atoms. The average Bonchev–Trinajstić information content (AvgIpc) is 3.49. The number of benzene rings is 4. The molecule has 8 heteroatoms. The Morgan fingerprint density at radius 1 is 0.341 bits per heavy atom. The SMILES string of the molecule is Cc1cccc(C)c1N1C=CN(c2c(C)cccc2C)[Si]12[Te][Si]1([Te]2)N(c2c(C)cccc2C)C=CN1c1c(C)cccc1C. The topological polar surface area (TPSA) is 13.0 Å². The predicted molar refractivity (Wildman–Crippen MR) is 195 cm³/mol. The molecule has 4 aromatic rings. The van der Waals surface area contributed by atoms with Crippen LogP contribution in [0.3, 0.4) is 0 Å². The Kier molecular flexibility index (Phi) is 7.65. The Hall–Kier alpha value is -2.43. The van der Waals surface area contributed by atoms with Gasteiger partial charge in [-0.1, -0.05) is 0 Å². The molecule has 0 aromatic heterocycles. The summed E-state index contributed by atoms with van der Waals surface area (Å²) in [6, 6.07) is 27.4. The van der Waals surface area contributed by atoms with Crippen LogP contribution in [-0.4, -0.2) is 45.7 Å². The number of nitrogens with zero attached hydrogens (tertiary/aromatic N) is 4. The van der Waals surface area contributed by atoms with Crippen LogP contribution in [-0.2, 0) is 0 Å². The first-order chi connectivity index (χ1) is 21.1. The van der Waals surface area contributed by atoms with Crippen LogP contribution in [0.5, 0.6) is 0 Å². The summed E-state index contributed by atoms with van der Waals surface area (Å²) >= 11 is -1.03. The Bertz CT molecular complexity index is 1520. The van der Waals surface area contributed by atoms with Gasteiger partial charge < -0.3 is 0 Å². The van der Waals surface area contributed by atoms with Gasteiger partial charge in [0, 0.05) is 0 Å².